The van der Waals surface area contributed by atoms with Gasteiger partial charge in [-0.05, 0) is 43.0 Å². The van der Waals surface area contributed by atoms with E-state index in [-0.39, 0.29) is 18.4 Å². The van der Waals surface area contributed by atoms with E-state index in [9.17, 15) is 4.79 Å². The van der Waals surface area contributed by atoms with Crippen LogP contribution in [0.25, 0.3) is 0 Å². The molecule has 3 heterocycles. The van der Waals surface area contributed by atoms with E-state index in [1.807, 2.05) is 24.0 Å². The van der Waals surface area contributed by atoms with Crippen molar-refractivity contribution in [2.75, 3.05) is 48.0 Å². The van der Waals surface area contributed by atoms with Crippen LogP contribution in [0.3, 0.4) is 0 Å². The normalized spacial score (nSPS) is 17.4. The Labute approximate surface area is 196 Å². The lowest BCUT2D eigenvalue weighted by atomic mass is 9.96. The van der Waals surface area contributed by atoms with Gasteiger partial charge < -0.3 is 25.0 Å². The molecule has 2 N–H and O–H groups in total. The number of nitrogens with zero attached hydrogens (tertiary/aromatic N) is 3. The Morgan fingerprint density at radius 2 is 2.00 bits per heavy atom. The Morgan fingerprint density at radius 3 is 2.79 bits per heavy atom. The van der Waals surface area contributed by atoms with Gasteiger partial charge in [-0.25, -0.2) is 4.98 Å². The zero-order chi connectivity index (χ0) is 23.2. The van der Waals surface area contributed by atoms with E-state index in [2.05, 4.69) is 40.3 Å². The SMILES string of the molecule is C[C@H](CCO)CCC[C@H](C)C(=O)N1Cc2cccnc2Nc2ccc(N3CCOCC3)cc21. The second-order valence-electron chi connectivity index (χ2n) is 9.31. The number of fused-ring (bicyclic) bond motifs is 2. The number of pyridine rings is 1. The number of rotatable bonds is 8. The summed E-state index contributed by atoms with van der Waals surface area (Å²) < 4.78 is 5.52. The van der Waals surface area contributed by atoms with Gasteiger partial charge in [0.05, 0.1) is 31.1 Å². The minimum absolute atomic E-state index is 0.0792. The number of amides is 1. The molecule has 0 radical (unpaired) electrons. The molecule has 2 aliphatic rings. The summed E-state index contributed by atoms with van der Waals surface area (Å²) in [7, 11) is 0. The lowest BCUT2D eigenvalue weighted by molar-refractivity contribution is -0.122. The third kappa shape index (κ3) is 5.65. The van der Waals surface area contributed by atoms with E-state index in [0.717, 1.165) is 80.4 Å². The highest BCUT2D eigenvalue weighted by Gasteiger charge is 2.28. The number of ether oxygens (including phenoxy) is 1. The fraction of sp³-hybridized carbons (Fsp3) is 0.538. The molecule has 4 rings (SSSR count). The first-order valence-electron chi connectivity index (χ1n) is 12.2. The van der Waals surface area contributed by atoms with Crippen LogP contribution in [-0.4, -0.2) is 48.9 Å². The molecule has 2 aromatic rings. The third-order valence-electron chi connectivity index (χ3n) is 6.76. The predicted octanol–water partition coefficient (Wildman–Crippen LogP) is 4.33. The van der Waals surface area contributed by atoms with Gasteiger partial charge in [-0.3, -0.25) is 4.79 Å². The lowest BCUT2D eigenvalue weighted by Gasteiger charge is -2.31. The number of aliphatic hydroxyl groups is 1. The minimum atomic E-state index is -0.0792. The van der Waals surface area contributed by atoms with Gasteiger partial charge >= 0.3 is 0 Å². The van der Waals surface area contributed by atoms with Gasteiger partial charge in [0.2, 0.25) is 5.91 Å². The van der Waals surface area contributed by atoms with Gasteiger partial charge in [0.25, 0.3) is 0 Å². The molecule has 0 bridgehead atoms. The van der Waals surface area contributed by atoms with Gasteiger partial charge in [0.15, 0.2) is 0 Å². The summed E-state index contributed by atoms with van der Waals surface area (Å²) in [6.45, 7) is 8.07. The maximum absolute atomic E-state index is 13.7. The van der Waals surface area contributed by atoms with Crippen LogP contribution in [-0.2, 0) is 16.1 Å². The summed E-state index contributed by atoms with van der Waals surface area (Å²) in [5.41, 5.74) is 3.93. The fourth-order valence-corrected chi connectivity index (χ4v) is 4.65. The Kier molecular flexibility index (Phi) is 7.83. The maximum atomic E-state index is 13.7. The highest BCUT2D eigenvalue weighted by atomic mass is 16.5. The number of anilines is 4. The number of nitrogens with one attached hydrogen (secondary N) is 1. The van der Waals surface area contributed by atoms with Crippen molar-refractivity contribution in [3.63, 3.8) is 0 Å². The smallest absolute Gasteiger partial charge is 0.230 e. The van der Waals surface area contributed by atoms with Crippen molar-refractivity contribution in [2.24, 2.45) is 11.8 Å². The Bertz CT molecular complexity index is 945. The fourth-order valence-electron chi connectivity index (χ4n) is 4.65. The van der Waals surface area contributed by atoms with E-state index in [0.29, 0.717) is 12.5 Å². The molecule has 0 saturated carbocycles. The van der Waals surface area contributed by atoms with Crippen molar-refractivity contribution >= 4 is 28.8 Å². The summed E-state index contributed by atoms with van der Waals surface area (Å²) in [5.74, 6) is 1.35. The molecule has 1 amide bonds. The van der Waals surface area contributed by atoms with E-state index in [1.165, 1.54) is 0 Å². The number of carbonyl (C=O) groups is 1. The van der Waals surface area contributed by atoms with Crippen LogP contribution in [0.2, 0.25) is 0 Å². The van der Waals surface area contributed by atoms with E-state index < -0.39 is 0 Å². The molecule has 0 unspecified atom stereocenters. The average molecular weight is 453 g/mol. The summed E-state index contributed by atoms with van der Waals surface area (Å²) in [6.07, 6.45) is 5.46. The van der Waals surface area contributed by atoms with Crippen LogP contribution in [0.1, 0.15) is 45.1 Å². The van der Waals surface area contributed by atoms with Crippen LogP contribution in [0.15, 0.2) is 36.5 Å². The van der Waals surface area contributed by atoms with Gasteiger partial charge in [-0.2, -0.15) is 0 Å². The van der Waals surface area contributed by atoms with Crippen LogP contribution >= 0.6 is 0 Å². The Hall–Kier alpha value is -2.64. The molecule has 0 spiro atoms. The molecule has 1 saturated heterocycles. The maximum Gasteiger partial charge on any atom is 0.230 e. The molecule has 33 heavy (non-hydrogen) atoms. The van der Waals surface area contributed by atoms with Crippen LogP contribution in [0.4, 0.5) is 22.9 Å². The molecule has 2 aliphatic heterocycles. The van der Waals surface area contributed by atoms with Crippen molar-refractivity contribution in [2.45, 2.75) is 46.1 Å². The topological polar surface area (TPSA) is 77.9 Å². The second kappa shape index (κ2) is 11.0. The third-order valence-corrected chi connectivity index (χ3v) is 6.76. The number of carbonyl (C=O) groups excluding carboxylic acids is 1. The quantitative estimate of drug-likeness (QED) is 0.621. The summed E-state index contributed by atoms with van der Waals surface area (Å²) >= 11 is 0. The number of benzene rings is 1. The Balaban J connectivity index is 1.58. The number of hydrogen-bond acceptors (Lipinski definition) is 6. The van der Waals surface area contributed by atoms with Crippen LogP contribution in [0, 0.1) is 11.8 Å². The zero-order valence-corrected chi connectivity index (χ0v) is 19.8. The molecule has 1 aromatic heterocycles. The van der Waals surface area contributed by atoms with Crippen LogP contribution in [0.5, 0.6) is 0 Å². The standard InChI is InChI=1S/C26H36N4O3/c1-19(10-14-31)5-3-6-20(2)26(32)30-18-21-7-4-11-27-25(21)28-23-9-8-22(17-24(23)30)29-12-15-33-16-13-29/h4,7-9,11,17,19-20,31H,3,5-6,10,12-16,18H2,1-2H3,(H,27,28)/t19-,20-/m0/s1. The highest BCUT2D eigenvalue weighted by Crippen LogP contribution is 2.38. The molecule has 1 aromatic carbocycles. The number of aliphatic hydroxyl groups excluding tert-OH is 1. The van der Waals surface area contributed by atoms with E-state index >= 15 is 0 Å². The summed E-state index contributed by atoms with van der Waals surface area (Å²) in [4.78, 5) is 22.5. The van der Waals surface area contributed by atoms with Gasteiger partial charge in [0.1, 0.15) is 5.82 Å². The minimum Gasteiger partial charge on any atom is -0.396 e. The first-order chi connectivity index (χ1) is 16.1. The van der Waals surface area contributed by atoms with E-state index in [1.54, 1.807) is 6.20 Å². The number of aromatic nitrogens is 1. The van der Waals surface area contributed by atoms with Crippen molar-refractivity contribution < 1.29 is 14.6 Å². The average Bonchev–Trinajstić information content (AvgIpc) is 3.00. The van der Waals surface area contributed by atoms with Crippen molar-refractivity contribution in [3.05, 3.63) is 42.1 Å². The monoisotopic (exact) mass is 452 g/mol. The number of morpholine rings is 1. The molecule has 2 atom stereocenters. The van der Waals surface area contributed by atoms with Gasteiger partial charge in [0, 0.05) is 43.1 Å². The molecule has 0 aliphatic carbocycles. The molecule has 7 nitrogen and oxygen atoms in total. The molecular formula is C26H36N4O3. The molecular weight excluding hydrogens is 416 g/mol. The van der Waals surface area contributed by atoms with E-state index in [4.69, 9.17) is 9.84 Å². The summed E-state index contributed by atoms with van der Waals surface area (Å²) in [5, 5.41) is 12.6. The van der Waals surface area contributed by atoms with Gasteiger partial charge in [-0.1, -0.05) is 32.8 Å². The highest BCUT2D eigenvalue weighted by molar-refractivity contribution is 6.00. The van der Waals surface area contributed by atoms with Crippen molar-refractivity contribution in [1.82, 2.24) is 4.98 Å². The summed E-state index contributed by atoms with van der Waals surface area (Å²) in [6, 6.07) is 10.3. The molecule has 178 valence electrons. The van der Waals surface area contributed by atoms with Crippen molar-refractivity contribution in [1.29, 1.82) is 0 Å². The Morgan fingerprint density at radius 1 is 1.18 bits per heavy atom. The molecule has 7 heteroatoms. The molecule has 1 fully saturated rings. The first-order valence-corrected chi connectivity index (χ1v) is 12.2. The van der Waals surface area contributed by atoms with Gasteiger partial charge in [-0.15, -0.1) is 0 Å². The zero-order valence-electron chi connectivity index (χ0n) is 19.8. The number of hydrogen-bond donors (Lipinski definition) is 2. The first kappa shape index (κ1) is 23.5. The largest absolute Gasteiger partial charge is 0.396 e. The predicted molar refractivity (Wildman–Crippen MR) is 132 cm³/mol. The lowest BCUT2D eigenvalue weighted by Crippen LogP contribution is -2.37. The van der Waals surface area contributed by atoms with Crippen LogP contribution < -0.4 is 15.1 Å². The second-order valence-corrected chi connectivity index (χ2v) is 9.31. The van der Waals surface area contributed by atoms with Crippen molar-refractivity contribution in [3.8, 4) is 0 Å².